The number of rotatable bonds is 1. The predicted octanol–water partition coefficient (Wildman–Crippen LogP) is 0.136. The van der Waals surface area contributed by atoms with Crippen LogP contribution in [0.4, 0.5) is 0 Å². The number of hydrogen-bond acceptors (Lipinski definition) is 4. The largest absolute Gasteiger partial charge is 0.376 e. The van der Waals surface area contributed by atoms with Gasteiger partial charge in [-0.3, -0.25) is 14.9 Å². The van der Waals surface area contributed by atoms with Crippen molar-refractivity contribution in [3.05, 3.63) is 10.1 Å². The first-order valence-corrected chi connectivity index (χ1v) is 3.85. The first-order valence-electron chi connectivity index (χ1n) is 3.85. The summed E-state index contributed by atoms with van der Waals surface area (Å²) in [5.74, 6) is -0.421. The van der Waals surface area contributed by atoms with E-state index in [1.54, 1.807) is 0 Å². The maximum absolute atomic E-state index is 11.1. The number of carbonyl (C=O) groups is 1. The molecule has 0 bridgehead atoms. The summed E-state index contributed by atoms with van der Waals surface area (Å²) < 4.78 is 0. The Hall–Kier alpha value is -0.970. The van der Waals surface area contributed by atoms with Crippen molar-refractivity contribution in [2.45, 2.75) is 37.8 Å². The van der Waals surface area contributed by atoms with Crippen LogP contribution < -0.4 is 0 Å². The smallest absolute Gasteiger partial charge is 0.248 e. The molecule has 0 aromatic heterocycles. The van der Waals surface area contributed by atoms with Crippen LogP contribution in [0.1, 0.15) is 26.2 Å². The van der Waals surface area contributed by atoms with Crippen LogP contribution in [-0.4, -0.2) is 27.5 Å². The molecule has 68 valence electrons. The van der Waals surface area contributed by atoms with Crippen LogP contribution in [0.2, 0.25) is 0 Å². The van der Waals surface area contributed by atoms with Gasteiger partial charge in [-0.25, -0.2) is 0 Å². The van der Waals surface area contributed by atoms with E-state index in [4.69, 9.17) is 0 Å². The lowest BCUT2D eigenvalue weighted by molar-refractivity contribution is -0.542. The molecule has 1 aliphatic rings. The normalized spacial score (nSPS) is 36.5. The fraction of sp³-hybridized carbons (Fsp3) is 0.857. The van der Waals surface area contributed by atoms with Gasteiger partial charge >= 0.3 is 0 Å². The van der Waals surface area contributed by atoms with Crippen LogP contribution >= 0.6 is 0 Å². The Bertz CT molecular complexity index is 223. The highest BCUT2D eigenvalue weighted by Gasteiger charge is 2.49. The van der Waals surface area contributed by atoms with Crippen LogP contribution in [0.5, 0.6) is 0 Å². The predicted molar refractivity (Wildman–Crippen MR) is 40.3 cm³/mol. The van der Waals surface area contributed by atoms with E-state index in [0.717, 1.165) is 0 Å². The van der Waals surface area contributed by atoms with Crippen molar-refractivity contribution in [1.29, 1.82) is 0 Å². The van der Waals surface area contributed by atoms with Crippen LogP contribution in [-0.2, 0) is 4.79 Å². The van der Waals surface area contributed by atoms with Crippen LogP contribution in [0.3, 0.4) is 0 Å². The number of Topliss-reactive ketones (excluding diaryl/α,β-unsaturated/α-hetero) is 1. The quantitative estimate of drug-likeness (QED) is 0.451. The van der Waals surface area contributed by atoms with Gasteiger partial charge in [0.1, 0.15) is 0 Å². The number of nitro groups is 1. The molecule has 1 saturated carbocycles. The van der Waals surface area contributed by atoms with E-state index >= 15 is 0 Å². The second-order valence-corrected chi connectivity index (χ2v) is 3.26. The summed E-state index contributed by atoms with van der Waals surface area (Å²) in [6.07, 6.45) is 1.03. The maximum atomic E-state index is 11.1. The number of ketones is 1. The van der Waals surface area contributed by atoms with Gasteiger partial charge in [-0.1, -0.05) is 0 Å². The SMILES string of the molecule is CC1(O)C(=O)CCCC1[N+](=O)[O-]. The summed E-state index contributed by atoms with van der Waals surface area (Å²) in [4.78, 5) is 20.9. The Kier molecular flexibility index (Phi) is 2.14. The molecule has 0 aromatic carbocycles. The number of hydrogen-bond donors (Lipinski definition) is 1. The third kappa shape index (κ3) is 1.32. The highest BCUT2D eigenvalue weighted by atomic mass is 16.6. The Morgan fingerprint density at radius 3 is 2.75 bits per heavy atom. The van der Waals surface area contributed by atoms with Gasteiger partial charge in [-0.15, -0.1) is 0 Å². The minimum atomic E-state index is -1.76. The lowest BCUT2D eigenvalue weighted by Gasteiger charge is -2.28. The second-order valence-electron chi connectivity index (χ2n) is 3.26. The maximum Gasteiger partial charge on any atom is 0.248 e. The minimum absolute atomic E-state index is 0.247. The van der Waals surface area contributed by atoms with Crippen molar-refractivity contribution in [3.63, 3.8) is 0 Å². The fourth-order valence-electron chi connectivity index (χ4n) is 1.49. The molecule has 0 aromatic rings. The number of aliphatic hydroxyl groups is 1. The van der Waals surface area contributed by atoms with Gasteiger partial charge in [0.05, 0.1) is 0 Å². The van der Waals surface area contributed by atoms with Crippen molar-refractivity contribution >= 4 is 5.78 Å². The molecule has 5 heteroatoms. The molecule has 12 heavy (non-hydrogen) atoms. The van der Waals surface area contributed by atoms with Gasteiger partial charge in [0.15, 0.2) is 11.4 Å². The van der Waals surface area contributed by atoms with Gasteiger partial charge in [0.25, 0.3) is 0 Å². The van der Waals surface area contributed by atoms with Crippen molar-refractivity contribution < 1.29 is 14.8 Å². The highest BCUT2D eigenvalue weighted by molar-refractivity contribution is 5.88. The van der Waals surface area contributed by atoms with Crippen molar-refractivity contribution in [2.24, 2.45) is 0 Å². The molecule has 5 nitrogen and oxygen atoms in total. The molecule has 0 aliphatic heterocycles. The zero-order valence-electron chi connectivity index (χ0n) is 6.82. The van der Waals surface area contributed by atoms with E-state index in [0.29, 0.717) is 6.42 Å². The zero-order chi connectivity index (χ0) is 9.35. The van der Waals surface area contributed by atoms with E-state index in [-0.39, 0.29) is 12.8 Å². The molecule has 0 amide bonds. The summed E-state index contributed by atoms with van der Waals surface area (Å²) in [7, 11) is 0. The third-order valence-electron chi connectivity index (χ3n) is 2.35. The second kappa shape index (κ2) is 2.82. The van der Waals surface area contributed by atoms with Gasteiger partial charge in [0, 0.05) is 17.8 Å². The fourth-order valence-corrected chi connectivity index (χ4v) is 1.49. The first-order chi connectivity index (χ1) is 5.46. The Morgan fingerprint density at radius 2 is 2.33 bits per heavy atom. The van der Waals surface area contributed by atoms with E-state index in [1.807, 2.05) is 0 Å². The Labute approximate surface area is 69.5 Å². The Morgan fingerprint density at radius 1 is 1.75 bits per heavy atom. The van der Waals surface area contributed by atoms with E-state index in [1.165, 1.54) is 6.92 Å². The molecule has 1 aliphatic carbocycles. The molecule has 1 rings (SSSR count). The van der Waals surface area contributed by atoms with Crippen molar-refractivity contribution in [2.75, 3.05) is 0 Å². The molecule has 0 heterocycles. The van der Waals surface area contributed by atoms with E-state index in [9.17, 15) is 20.0 Å². The number of carbonyl (C=O) groups excluding carboxylic acids is 1. The molecule has 0 radical (unpaired) electrons. The topological polar surface area (TPSA) is 80.4 Å². The molecule has 2 unspecified atom stereocenters. The molecule has 1 N–H and O–H groups in total. The van der Waals surface area contributed by atoms with Crippen LogP contribution in [0.15, 0.2) is 0 Å². The van der Waals surface area contributed by atoms with Gasteiger partial charge in [-0.05, 0) is 13.3 Å². The van der Waals surface area contributed by atoms with Gasteiger partial charge < -0.3 is 5.11 Å². The highest BCUT2D eigenvalue weighted by Crippen LogP contribution is 2.26. The molecular formula is C7H11NO4. The van der Waals surface area contributed by atoms with Gasteiger partial charge in [-0.2, -0.15) is 0 Å². The summed E-state index contributed by atoms with van der Waals surface area (Å²) in [5, 5.41) is 19.9. The van der Waals surface area contributed by atoms with Crippen LogP contribution in [0, 0.1) is 10.1 Å². The molecule has 0 spiro atoms. The first kappa shape index (κ1) is 9.12. The zero-order valence-corrected chi connectivity index (χ0v) is 6.82. The molecule has 2 atom stereocenters. The lowest BCUT2D eigenvalue weighted by Crippen LogP contribution is -2.53. The Balaban J connectivity index is 2.86. The monoisotopic (exact) mass is 173 g/mol. The van der Waals surface area contributed by atoms with Crippen LogP contribution in [0.25, 0.3) is 0 Å². The molecule has 0 saturated heterocycles. The standard InChI is InChI=1S/C7H11NO4/c1-7(10)5(8(11)12)3-2-4-6(7)9/h5,10H,2-4H2,1H3. The summed E-state index contributed by atoms with van der Waals surface area (Å²) >= 11 is 0. The van der Waals surface area contributed by atoms with Gasteiger partial charge in [0.2, 0.25) is 6.04 Å². The number of nitrogens with zero attached hydrogens (tertiary/aromatic N) is 1. The summed E-state index contributed by atoms with van der Waals surface area (Å²) in [5.41, 5.74) is -1.76. The summed E-state index contributed by atoms with van der Waals surface area (Å²) in [6.45, 7) is 1.22. The lowest BCUT2D eigenvalue weighted by atomic mass is 9.81. The molecule has 1 fully saturated rings. The van der Waals surface area contributed by atoms with E-state index in [2.05, 4.69) is 0 Å². The average Bonchev–Trinajstić information content (AvgIpc) is 1.94. The average molecular weight is 173 g/mol. The molecular weight excluding hydrogens is 162 g/mol. The van der Waals surface area contributed by atoms with Crippen molar-refractivity contribution in [3.8, 4) is 0 Å². The third-order valence-corrected chi connectivity index (χ3v) is 2.35. The summed E-state index contributed by atoms with van der Waals surface area (Å²) in [6, 6.07) is -1.13. The minimum Gasteiger partial charge on any atom is -0.376 e. The van der Waals surface area contributed by atoms with E-state index < -0.39 is 22.3 Å². The van der Waals surface area contributed by atoms with Crippen molar-refractivity contribution in [1.82, 2.24) is 0 Å².